The molecule has 0 saturated carbocycles. The van der Waals surface area contributed by atoms with Gasteiger partial charge in [-0.2, -0.15) is 0 Å². The summed E-state index contributed by atoms with van der Waals surface area (Å²) in [6, 6.07) is 13.2. The number of hydrogen-bond donors (Lipinski definition) is 0. The van der Waals surface area contributed by atoms with Crippen LogP contribution >= 0.6 is 0 Å². The van der Waals surface area contributed by atoms with E-state index >= 15 is 0 Å². The molecule has 0 bridgehead atoms. The van der Waals surface area contributed by atoms with E-state index in [1.165, 1.54) is 5.56 Å². The number of aromatic nitrogens is 1. The van der Waals surface area contributed by atoms with Crippen molar-refractivity contribution >= 4 is 27.6 Å². The van der Waals surface area contributed by atoms with Crippen molar-refractivity contribution in [3.05, 3.63) is 58.3 Å². The van der Waals surface area contributed by atoms with Gasteiger partial charge in [0, 0.05) is 41.7 Å². The summed E-state index contributed by atoms with van der Waals surface area (Å²) in [6.45, 7) is 8.23. The van der Waals surface area contributed by atoms with Crippen LogP contribution in [0.4, 0.5) is 5.69 Å². The van der Waals surface area contributed by atoms with Crippen molar-refractivity contribution in [3.8, 4) is 11.5 Å². The van der Waals surface area contributed by atoms with Gasteiger partial charge in [0.2, 0.25) is 0 Å². The highest BCUT2D eigenvalue weighted by molar-refractivity contribution is 5.96. The first-order valence-electron chi connectivity index (χ1n) is 8.64. The third kappa shape index (κ3) is 2.45. The molecule has 1 heterocycles. The summed E-state index contributed by atoms with van der Waals surface area (Å²) in [7, 11) is 0. The number of rotatable bonds is 3. The lowest BCUT2D eigenvalue weighted by Gasteiger charge is -2.23. The third-order valence-electron chi connectivity index (χ3n) is 4.78. The molecule has 0 saturated heterocycles. The molecule has 2 aromatic rings. The summed E-state index contributed by atoms with van der Waals surface area (Å²) < 4.78 is 6.08. The molecule has 0 N–H and O–H groups in total. The quantitative estimate of drug-likeness (QED) is 0.406. The molecule has 4 nitrogen and oxygen atoms in total. The van der Waals surface area contributed by atoms with Gasteiger partial charge in [-0.3, -0.25) is 4.79 Å². The van der Waals surface area contributed by atoms with E-state index in [9.17, 15) is 4.79 Å². The number of nitrogens with zero attached hydrogens (tertiary/aromatic N) is 2. The van der Waals surface area contributed by atoms with Crippen molar-refractivity contribution in [1.82, 2.24) is 4.98 Å². The van der Waals surface area contributed by atoms with Crippen LogP contribution in [-0.2, 0) is 0 Å². The van der Waals surface area contributed by atoms with Gasteiger partial charge in [0.05, 0.1) is 0 Å². The minimum atomic E-state index is -0.0379. The molecular weight excluding hydrogens is 312 g/mol. The number of aryl methyl sites for hydroxylation is 1. The first-order valence-corrected chi connectivity index (χ1v) is 8.64. The molecule has 0 fully saturated rings. The molecule has 0 amide bonds. The molecule has 0 aromatic heterocycles. The Labute approximate surface area is 146 Å². The van der Waals surface area contributed by atoms with Crippen molar-refractivity contribution in [1.29, 1.82) is 0 Å². The van der Waals surface area contributed by atoms with Crippen LogP contribution in [0, 0.1) is 6.92 Å². The van der Waals surface area contributed by atoms with Gasteiger partial charge in [-0.05, 0) is 32.4 Å². The molecule has 1 aliphatic carbocycles. The molecule has 25 heavy (non-hydrogen) atoms. The van der Waals surface area contributed by atoms with Crippen LogP contribution in [0.2, 0.25) is 0 Å². The van der Waals surface area contributed by atoms with Crippen LogP contribution in [-0.4, -0.2) is 18.1 Å². The maximum atomic E-state index is 12.4. The molecule has 4 heteroatoms. The molecule has 1 aliphatic heterocycles. The summed E-state index contributed by atoms with van der Waals surface area (Å²) in [5.74, 6) is 0.533. The Bertz CT molecular complexity index is 1110. The minimum absolute atomic E-state index is 0.0379. The predicted octanol–water partition coefficient (Wildman–Crippen LogP) is 4.60. The van der Waals surface area contributed by atoms with Crippen LogP contribution in [0.25, 0.3) is 33.3 Å². The normalized spacial score (nSPS) is 11.5. The first-order chi connectivity index (χ1) is 12.1. The molecule has 0 atom stereocenters. The van der Waals surface area contributed by atoms with Gasteiger partial charge in [0.25, 0.3) is 0 Å². The molecule has 4 rings (SSSR count). The highest BCUT2D eigenvalue weighted by Crippen LogP contribution is 2.33. The van der Waals surface area contributed by atoms with Crippen LogP contribution in [0.3, 0.4) is 0 Å². The maximum Gasteiger partial charge on any atom is 0.190 e. The fourth-order valence-electron chi connectivity index (χ4n) is 3.47. The van der Waals surface area contributed by atoms with E-state index in [1.807, 2.05) is 30.3 Å². The van der Waals surface area contributed by atoms with E-state index in [2.05, 4.69) is 31.7 Å². The van der Waals surface area contributed by atoms with Gasteiger partial charge in [-0.15, -0.1) is 0 Å². The molecule has 0 spiro atoms. The number of hydrogen-bond acceptors (Lipinski definition) is 4. The van der Waals surface area contributed by atoms with Crippen molar-refractivity contribution < 1.29 is 4.42 Å². The third-order valence-corrected chi connectivity index (χ3v) is 4.78. The molecular formula is C21H20N2O2. The zero-order valence-corrected chi connectivity index (χ0v) is 14.7. The van der Waals surface area contributed by atoms with Crippen LogP contribution in [0.15, 0.2) is 51.7 Å². The maximum absolute atomic E-state index is 12.4. The lowest BCUT2D eigenvalue weighted by Crippen LogP contribution is -2.22. The number of benzene rings is 3. The second-order valence-electron chi connectivity index (χ2n) is 6.26. The highest BCUT2D eigenvalue weighted by Gasteiger charge is 2.17. The van der Waals surface area contributed by atoms with E-state index in [0.29, 0.717) is 16.7 Å². The fourth-order valence-corrected chi connectivity index (χ4v) is 3.47. The smallest absolute Gasteiger partial charge is 0.190 e. The van der Waals surface area contributed by atoms with Crippen molar-refractivity contribution in [2.45, 2.75) is 20.8 Å². The van der Waals surface area contributed by atoms with Gasteiger partial charge in [0.1, 0.15) is 11.2 Å². The van der Waals surface area contributed by atoms with Crippen LogP contribution in [0.1, 0.15) is 19.4 Å². The Morgan fingerprint density at radius 2 is 1.76 bits per heavy atom. The van der Waals surface area contributed by atoms with E-state index in [4.69, 9.17) is 9.40 Å². The molecule has 2 aromatic carbocycles. The summed E-state index contributed by atoms with van der Waals surface area (Å²) in [5, 5.41) is 1.51. The van der Waals surface area contributed by atoms with Gasteiger partial charge < -0.3 is 9.32 Å². The highest BCUT2D eigenvalue weighted by atomic mass is 16.3. The topological polar surface area (TPSA) is 46.3 Å². The van der Waals surface area contributed by atoms with E-state index < -0.39 is 0 Å². The largest absolute Gasteiger partial charge is 0.453 e. The zero-order chi connectivity index (χ0) is 17.6. The second kappa shape index (κ2) is 5.88. The molecule has 126 valence electrons. The van der Waals surface area contributed by atoms with E-state index in [0.717, 1.165) is 35.4 Å². The summed E-state index contributed by atoms with van der Waals surface area (Å²) in [5.41, 5.74) is 4.52. The van der Waals surface area contributed by atoms with E-state index in [-0.39, 0.29) is 5.43 Å². The Balaban J connectivity index is 2.06. The number of fused-ring (bicyclic) bond motifs is 4. The first kappa shape index (κ1) is 15.6. The Morgan fingerprint density at radius 3 is 2.48 bits per heavy atom. The minimum Gasteiger partial charge on any atom is -0.453 e. The van der Waals surface area contributed by atoms with Gasteiger partial charge >= 0.3 is 0 Å². The summed E-state index contributed by atoms with van der Waals surface area (Å²) in [6.07, 6.45) is 0. The van der Waals surface area contributed by atoms with Gasteiger partial charge in [0.15, 0.2) is 16.8 Å². The van der Waals surface area contributed by atoms with Crippen molar-refractivity contribution in [2.24, 2.45) is 0 Å². The average Bonchev–Trinajstić information content (AvgIpc) is 2.62. The Kier molecular flexibility index (Phi) is 3.68. The summed E-state index contributed by atoms with van der Waals surface area (Å²) >= 11 is 0. The SMILES string of the molecule is CCN(CC)c1cc2oc3cc(=O)c4ccccc4c-3nc2cc1C. The van der Waals surface area contributed by atoms with Gasteiger partial charge in [-0.1, -0.05) is 24.3 Å². The number of anilines is 1. The zero-order valence-electron chi connectivity index (χ0n) is 14.7. The molecule has 2 aliphatic rings. The summed E-state index contributed by atoms with van der Waals surface area (Å²) in [4.78, 5) is 19.4. The van der Waals surface area contributed by atoms with Crippen LogP contribution in [0.5, 0.6) is 0 Å². The molecule has 0 unspecified atom stereocenters. The standard InChI is InChI=1S/C21H20N2O2/c1-4-23(5-2)17-11-19-16(10-13(17)3)22-21-15-9-7-6-8-14(15)18(24)12-20(21)25-19/h6-12H,4-5H2,1-3H3. The second-order valence-corrected chi connectivity index (χ2v) is 6.26. The average molecular weight is 332 g/mol. The Hall–Kier alpha value is -2.88. The van der Waals surface area contributed by atoms with Crippen LogP contribution < -0.4 is 10.3 Å². The van der Waals surface area contributed by atoms with Crippen molar-refractivity contribution in [2.75, 3.05) is 18.0 Å². The van der Waals surface area contributed by atoms with E-state index in [1.54, 1.807) is 6.07 Å². The van der Waals surface area contributed by atoms with Crippen molar-refractivity contribution in [3.63, 3.8) is 0 Å². The monoisotopic (exact) mass is 332 g/mol. The molecule has 0 radical (unpaired) electrons. The lowest BCUT2D eigenvalue weighted by atomic mass is 10.0. The predicted molar refractivity (Wildman–Crippen MR) is 103 cm³/mol. The fraction of sp³-hybridized carbons (Fsp3) is 0.238. The lowest BCUT2D eigenvalue weighted by molar-refractivity contribution is 0.613. The van der Waals surface area contributed by atoms with Gasteiger partial charge in [-0.25, -0.2) is 4.98 Å². The Morgan fingerprint density at radius 1 is 1.04 bits per heavy atom.